The lowest BCUT2D eigenvalue weighted by Gasteiger charge is -2.04. The fraction of sp³-hybridized carbons (Fsp3) is 0.143. The molecule has 0 bridgehead atoms. The van der Waals surface area contributed by atoms with E-state index in [0.717, 1.165) is 9.52 Å². The second-order valence-electron chi connectivity index (χ2n) is 3.59. The Balaban J connectivity index is 2.18. The zero-order valence-corrected chi connectivity index (χ0v) is 12.6. The van der Waals surface area contributed by atoms with E-state index in [2.05, 4.69) is 61.0 Å². The van der Waals surface area contributed by atoms with Crippen LogP contribution in [0, 0.1) is 0 Å². The zero-order valence-electron chi connectivity index (χ0n) is 9.94. The lowest BCUT2D eigenvalue weighted by Crippen LogP contribution is -2.26. The van der Waals surface area contributed by atoms with Gasteiger partial charge in [0.05, 0.1) is 0 Å². The van der Waals surface area contributed by atoms with Crippen molar-refractivity contribution in [3.05, 3.63) is 48.5 Å². The van der Waals surface area contributed by atoms with E-state index in [4.69, 9.17) is 0 Å². The van der Waals surface area contributed by atoms with E-state index in [0.29, 0.717) is 0 Å². The van der Waals surface area contributed by atoms with Gasteiger partial charge in [-0.05, 0) is 36.8 Å². The third-order valence-corrected chi connectivity index (χ3v) is 5.08. The number of thioether (sulfide) groups is 2. The summed E-state index contributed by atoms with van der Waals surface area (Å²) >= 11 is 3.60. The van der Waals surface area contributed by atoms with Gasteiger partial charge in [0, 0.05) is 9.79 Å². The Bertz CT molecular complexity index is 452. The Kier molecular flexibility index (Phi) is 4.77. The fourth-order valence-corrected chi connectivity index (χ4v) is 3.84. The predicted octanol–water partition coefficient (Wildman–Crippen LogP) is 2.79. The van der Waals surface area contributed by atoms with Crippen molar-refractivity contribution in [1.82, 2.24) is 0 Å². The van der Waals surface area contributed by atoms with E-state index >= 15 is 0 Å². The summed E-state index contributed by atoms with van der Waals surface area (Å²) in [5, 5.41) is 2.82. The third-order valence-electron chi connectivity index (χ3n) is 2.43. The van der Waals surface area contributed by atoms with Crippen molar-refractivity contribution in [2.45, 2.75) is 9.79 Å². The van der Waals surface area contributed by atoms with Crippen molar-refractivity contribution < 1.29 is 0 Å². The molecule has 0 nitrogen and oxygen atoms in total. The van der Waals surface area contributed by atoms with Gasteiger partial charge in [-0.25, -0.2) is 0 Å². The maximum atomic E-state index is 2.29. The summed E-state index contributed by atoms with van der Waals surface area (Å²) in [4.78, 5) is 2.69. The van der Waals surface area contributed by atoms with Crippen LogP contribution in [-0.4, -0.2) is 22.0 Å². The minimum absolute atomic E-state index is 0.749. The van der Waals surface area contributed by atoms with E-state index in [1.165, 1.54) is 20.2 Å². The molecule has 0 amide bonds. The highest BCUT2D eigenvalue weighted by Gasteiger charge is 2.00. The molecule has 0 aliphatic rings. The molecular formula is C14H14S2Si. The summed E-state index contributed by atoms with van der Waals surface area (Å²) in [5.41, 5.74) is 0. The van der Waals surface area contributed by atoms with E-state index in [9.17, 15) is 0 Å². The fourth-order valence-electron chi connectivity index (χ4n) is 1.57. The molecule has 0 aromatic heterocycles. The number of hydrogen-bond acceptors (Lipinski definition) is 2. The molecule has 0 saturated heterocycles. The molecular weight excluding hydrogens is 260 g/mol. The molecule has 0 heterocycles. The van der Waals surface area contributed by atoms with Gasteiger partial charge < -0.3 is 0 Å². The molecule has 2 aromatic carbocycles. The van der Waals surface area contributed by atoms with Crippen LogP contribution in [0.15, 0.2) is 58.3 Å². The maximum absolute atomic E-state index is 2.29. The Morgan fingerprint density at radius 3 is 1.65 bits per heavy atom. The molecule has 2 aromatic rings. The summed E-state index contributed by atoms with van der Waals surface area (Å²) in [7, 11) is 0.749. The monoisotopic (exact) mass is 274 g/mol. The van der Waals surface area contributed by atoms with Crippen LogP contribution >= 0.6 is 23.5 Å². The molecule has 0 atom stereocenters. The van der Waals surface area contributed by atoms with Gasteiger partial charge in [-0.2, -0.15) is 0 Å². The average molecular weight is 274 g/mol. The lowest BCUT2D eigenvalue weighted by molar-refractivity contribution is 1.49. The maximum Gasteiger partial charge on any atom is 0.121 e. The normalized spacial score (nSPS) is 10.5. The standard InChI is InChI=1S/C14H14S2Si/c1-15-11-5-3-7-13(9-11)17-14-8-4-6-12(10-14)16-2/h3-10H,1-2H3. The Morgan fingerprint density at radius 2 is 1.24 bits per heavy atom. The predicted molar refractivity (Wildman–Crippen MR) is 81.5 cm³/mol. The van der Waals surface area contributed by atoms with Gasteiger partial charge in [0.1, 0.15) is 9.52 Å². The summed E-state index contributed by atoms with van der Waals surface area (Å²) in [6.07, 6.45) is 4.24. The highest BCUT2D eigenvalue weighted by Crippen LogP contribution is 2.12. The SMILES string of the molecule is CSc1cccc([Si]c2cccc(SC)c2)c1. The first-order valence-electron chi connectivity index (χ1n) is 5.37. The van der Waals surface area contributed by atoms with Crippen LogP contribution in [0.5, 0.6) is 0 Å². The first kappa shape index (κ1) is 12.8. The minimum Gasteiger partial charge on any atom is -0.130 e. The highest BCUT2D eigenvalue weighted by molar-refractivity contribution is 7.98. The van der Waals surface area contributed by atoms with Crippen molar-refractivity contribution in [1.29, 1.82) is 0 Å². The first-order chi connectivity index (χ1) is 8.31. The lowest BCUT2D eigenvalue weighted by atomic mass is 10.4. The van der Waals surface area contributed by atoms with E-state index in [1.807, 2.05) is 0 Å². The topological polar surface area (TPSA) is 0 Å². The zero-order chi connectivity index (χ0) is 12.1. The Hall–Kier alpha value is -0.643. The van der Waals surface area contributed by atoms with E-state index < -0.39 is 0 Å². The smallest absolute Gasteiger partial charge is 0.121 e. The van der Waals surface area contributed by atoms with Crippen molar-refractivity contribution >= 4 is 43.4 Å². The number of rotatable bonds is 4. The van der Waals surface area contributed by atoms with Crippen molar-refractivity contribution in [3.8, 4) is 0 Å². The van der Waals surface area contributed by atoms with Crippen LogP contribution in [0.1, 0.15) is 0 Å². The quantitative estimate of drug-likeness (QED) is 0.621. The minimum atomic E-state index is 0.749. The molecule has 17 heavy (non-hydrogen) atoms. The first-order valence-corrected chi connectivity index (χ1v) is 8.82. The van der Waals surface area contributed by atoms with E-state index in [1.54, 1.807) is 23.5 Å². The van der Waals surface area contributed by atoms with Crippen LogP contribution in [0.25, 0.3) is 0 Å². The van der Waals surface area contributed by atoms with Gasteiger partial charge in [-0.3, -0.25) is 0 Å². The second-order valence-corrected chi connectivity index (χ2v) is 6.75. The van der Waals surface area contributed by atoms with Crippen LogP contribution in [0.3, 0.4) is 0 Å². The highest BCUT2D eigenvalue weighted by atomic mass is 32.2. The summed E-state index contributed by atoms with van der Waals surface area (Å²) < 4.78 is 0. The van der Waals surface area contributed by atoms with Crippen LogP contribution in [-0.2, 0) is 0 Å². The Morgan fingerprint density at radius 1 is 0.765 bits per heavy atom. The van der Waals surface area contributed by atoms with Gasteiger partial charge in [-0.15, -0.1) is 23.5 Å². The van der Waals surface area contributed by atoms with Gasteiger partial charge in [0.2, 0.25) is 0 Å². The number of hydrogen-bond donors (Lipinski definition) is 0. The molecule has 2 radical (unpaired) electrons. The summed E-state index contributed by atoms with van der Waals surface area (Å²) in [5.74, 6) is 0. The summed E-state index contributed by atoms with van der Waals surface area (Å²) in [6, 6.07) is 17.6. The van der Waals surface area contributed by atoms with Crippen LogP contribution in [0.4, 0.5) is 0 Å². The van der Waals surface area contributed by atoms with Gasteiger partial charge in [0.25, 0.3) is 0 Å². The van der Waals surface area contributed by atoms with Gasteiger partial charge >= 0.3 is 0 Å². The van der Waals surface area contributed by atoms with Gasteiger partial charge in [0.15, 0.2) is 0 Å². The molecule has 0 aliphatic heterocycles. The largest absolute Gasteiger partial charge is 0.130 e. The van der Waals surface area contributed by atoms with Crippen LogP contribution in [0.2, 0.25) is 0 Å². The van der Waals surface area contributed by atoms with Crippen molar-refractivity contribution in [3.63, 3.8) is 0 Å². The van der Waals surface area contributed by atoms with Crippen molar-refractivity contribution in [2.24, 2.45) is 0 Å². The van der Waals surface area contributed by atoms with Crippen molar-refractivity contribution in [2.75, 3.05) is 12.5 Å². The van der Waals surface area contributed by atoms with Crippen LogP contribution < -0.4 is 10.4 Å². The average Bonchev–Trinajstić information content (AvgIpc) is 2.39. The molecule has 0 unspecified atom stereocenters. The molecule has 0 fully saturated rings. The molecule has 2 rings (SSSR count). The third kappa shape index (κ3) is 3.66. The Labute approximate surface area is 114 Å². The molecule has 86 valence electrons. The molecule has 0 aliphatic carbocycles. The molecule has 0 spiro atoms. The van der Waals surface area contributed by atoms with E-state index in [-0.39, 0.29) is 0 Å². The van der Waals surface area contributed by atoms with Gasteiger partial charge in [-0.1, -0.05) is 34.6 Å². The summed E-state index contributed by atoms with van der Waals surface area (Å²) in [6.45, 7) is 0. The molecule has 3 heteroatoms. The molecule has 0 N–H and O–H groups in total. The number of benzene rings is 2. The second kappa shape index (κ2) is 6.33. The molecule has 0 saturated carbocycles.